The summed E-state index contributed by atoms with van der Waals surface area (Å²) in [4.78, 5) is 36.4. The van der Waals surface area contributed by atoms with Crippen LogP contribution in [0.25, 0.3) is 11.1 Å². The molecule has 0 saturated heterocycles. The molecule has 1 saturated carbocycles. The van der Waals surface area contributed by atoms with Crippen LogP contribution in [0.1, 0.15) is 69.7 Å². The summed E-state index contributed by atoms with van der Waals surface area (Å²) in [5.74, 6) is -1.08. The Morgan fingerprint density at radius 2 is 1.42 bits per heavy atom. The second kappa shape index (κ2) is 9.04. The summed E-state index contributed by atoms with van der Waals surface area (Å²) < 4.78 is 0. The summed E-state index contributed by atoms with van der Waals surface area (Å²) in [6.07, 6.45) is 5.25. The van der Waals surface area contributed by atoms with Gasteiger partial charge in [-0.2, -0.15) is 0 Å². The Kier molecular flexibility index (Phi) is 6.63. The Balaban J connectivity index is 1.65. The molecule has 0 aromatic heterocycles. The number of carbonyl (C=O) groups excluding carboxylic acids is 2. The molecule has 5 heteroatoms. The molecule has 0 atom stereocenters. The largest absolute Gasteiger partial charge is 0.481 e. The topological polar surface area (TPSA) is 83.5 Å². The Hall–Kier alpha value is -2.95. The van der Waals surface area contributed by atoms with Crippen LogP contribution in [0, 0.1) is 10.8 Å². The zero-order chi connectivity index (χ0) is 22.6. The van der Waals surface area contributed by atoms with E-state index >= 15 is 0 Å². The van der Waals surface area contributed by atoms with Gasteiger partial charge in [-0.15, -0.1) is 0 Å². The number of aliphatic carboxylic acids is 1. The number of Topliss-reactive ketones (excluding diaryl/α,β-unsaturated/α-hetero) is 1. The van der Waals surface area contributed by atoms with Gasteiger partial charge in [0, 0.05) is 23.1 Å². The molecule has 0 bridgehead atoms. The number of rotatable bonds is 7. The number of carbonyl (C=O) groups is 3. The Bertz CT molecular complexity index is 952. The third kappa shape index (κ3) is 5.40. The minimum Gasteiger partial charge on any atom is -0.481 e. The number of hydrogen-bond acceptors (Lipinski definition) is 3. The molecule has 2 N–H and O–H groups in total. The van der Waals surface area contributed by atoms with Gasteiger partial charge in [-0.25, -0.2) is 0 Å². The number of nitrogens with one attached hydrogen (secondary N) is 1. The van der Waals surface area contributed by atoms with Crippen molar-refractivity contribution in [3.8, 4) is 11.1 Å². The van der Waals surface area contributed by atoms with Crippen LogP contribution in [0.15, 0.2) is 48.5 Å². The van der Waals surface area contributed by atoms with Crippen LogP contribution in [0.5, 0.6) is 0 Å². The van der Waals surface area contributed by atoms with Gasteiger partial charge in [0.1, 0.15) is 0 Å². The lowest BCUT2D eigenvalue weighted by Crippen LogP contribution is -2.35. The molecule has 3 rings (SSSR count). The van der Waals surface area contributed by atoms with Crippen LogP contribution in [0.4, 0.5) is 5.69 Å². The average molecular weight is 422 g/mol. The second-order valence-electron chi connectivity index (χ2n) is 9.52. The maximum Gasteiger partial charge on any atom is 0.309 e. The average Bonchev–Trinajstić information content (AvgIpc) is 2.74. The van der Waals surface area contributed by atoms with Crippen LogP contribution in [0.3, 0.4) is 0 Å². The van der Waals surface area contributed by atoms with Gasteiger partial charge in [0.25, 0.3) is 0 Å². The molecule has 0 radical (unpaired) electrons. The van der Waals surface area contributed by atoms with Crippen molar-refractivity contribution in [1.29, 1.82) is 0 Å². The Morgan fingerprint density at radius 1 is 0.903 bits per heavy atom. The molecule has 31 heavy (non-hydrogen) atoms. The quantitative estimate of drug-likeness (QED) is 0.542. The number of anilines is 1. The minimum absolute atomic E-state index is 0.0466. The van der Waals surface area contributed by atoms with Crippen molar-refractivity contribution in [2.75, 3.05) is 5.32 Å². The molecule has 2 aromatic carbocycles. The van der Waals surface area contributed by atoms with Crippen molar-refractivity contribution < 1.29 is 19.5 Å². The van der Waals surface area contributed by atoms with Gasteiger partial charge < -0.3 is 10.4 Å². The second-order valence-corrected chi connectivity index (χ2v) is 9.52. The first-order chi connectivity index (χ1) is 14.6. The van der Waals surface area contributed by atoms with Crippen LogP contribution >= 0.6 is 0 Å². The van der Waals surface area contributed by atoms with Crippen LogP contribution in [-0.2, 0) is 9.59 Å². The van der Waals surface area contributed by atoms with E-state index in [1.54, 1.807) is 26.0 Å². The Labute approximate surface area is 183 Å². The first-order valence-electron chi connectivity index (χ1n) is 10.9. The molecule has 5 nitrogen and oxygen atoms in total. The number of ketones is 1. The zero-order valence-electron chi connectivity index (χ0n) is 18.5. The molecular formula is C26H31NO4. The van der Waals surface area contributed by atoms with Crippen molar-refractivity contribution in [2.24, 2.45) is 10.8 Å². The molecule has 1 aliphatic rings. The number of amides is 1. The summed E-state index contributed by atoms with van der Waals surface area (Å²) in [6.45, 7) is 5.16. The lowest BCUT2D eigenvalue weighted by Gasteiger charge is -2.32. The summed E-state index contributed by atoms with van der Waals surface area (Å²) in [6, 6.07) is 14.9. The third-order valence-electron chi connectivity index (χ3n) is 6.37. The Morgan fingerprint density at radius 3 is 1.94 bits per heavy atom. The van der Waals surface area contributed by atoms with Gasteiger partial charge in [0.2, 0.25) is 5.91 Å². The number of carboxylic acids is 1. The van der Waals surface area contributed by atoms with Gasteiger partial charge in [-0.1, -0.05) is 62.6 Å². The van der Waals surface area contributed by atoms with E-state index in [0.29, 0.717) is 5.56 Å². The maximum absolute atomic E-state index is 12.7. The summed E-state index contributed by atoms with van der Waals surface area (Å²) >= 11 is 0. The van der Waals surface area contributed by atoms with E-state index in [1.165, 1.54) is 6.42 Å². The van der Waals surface area contributed by atoms with E-state index in [0.717, 1.165) is 42.5 Å². The van der Waals surface area contributed by atoms with E-state index in [-0.39, 0.29) is 23.5 Å². The van der Waals surface area contributed by atoms with Crippen molar-refractivity contribution in [3.05, 3.63) is 54.1 Å². The minimum atomic E-state index is -1.09. The van der Waals surface area contributed by atoms with E-state index in [2.05, 4.69) is 12.2 Å². The number of benzene rings is 2. The number of hydrogen-bond donors (Lipinski definition) is 2. The van der Waals surface area contributed by atoms with Crippen LogP contribution in [-0.4, -0.2) is 22.8 Å². The molecule has 0 unspecified atom stereocenters. The zero-order valence-corrected chi connectivity index (χ0v) is 18.5. The molecule has 0 spiro atoms. The van der Waals surface area contributed by atoms with E-state index in [9.17, 15) is 19.5 Å². The highest BCUT2D eigenvalue weighted by Crippen LogP contribution is 2.37. The molecule has 2 aromatic rings. The molecule has 0 aliphatic heterocycles. The van der Waals surface area contributed by atoms with Gasteiger partial charge in [-0.05, 0) is 49.9 Å². The van der Waals surface area contributed by atoms with Gasteiger partial charge in [0.15, 0.2) is 5.78 Å². The smallest absolute Gasteiger partial charge is 0.309 e. The van der Waals surface area contributed by atoms with Crippen molar-refractivity contribution in [1.82, 2.24) is 0 Å². The number of carboxylic acid groups (broad SMARTS) is 1. The van der Waals surface area contributed by atoms with Crippen molar-refractivity contribution >= 4 is 23.3 Å². The maximum atomic E-state index is 12.7. The first-order valence-corrected chi connectivity index (χ1v) is 10.9. The lowest BCUT2D eigenvalue weighted by molar-refractivity contribution is -0.146. The predicted molar refractivity (Wildman–Crippen MR) is 122 cm³/mol. The third-order valence-corrected chi connectivity index (χ3v) is 6.37. The van der Waals surface area contributed by atoms with Crippen LogP contribution in [0.2, 0.25) is 0 Å². The standard InChI is InChI=1S/C26H31NO4/c1-25(2,24(30)31)17-22(28)20-9-7-18(8-10-20)19-11-13-21(14-12-19)27-23(29)26(3)15-5-4-6-16-26/h7-14H,4-6,15-17H2,1-3H3,(H,27,29)(H,30,31). The molecule has 0 heterocycles. The van der Waals surface area contributed by atoms with Gasteiger partial charge in [0.05, 0.1) is 5.41 Å². The first kappa shape index (κ1) is 22.7. The summed E-state index contributed by atoms with van der Waals surface area (Å²) in [5.41, 5.74) is 1.84. The monoisotopic (exact) mass is 421 g/mol. The normalized spacial score (nSPS) is 15.8. The highest BCUT2D eigenvalue weighted by atomic mass is 16.4. The van der Waals surface area contributed by atoms with Crippen molar-refractivity contribution in [3.63, 3.8) is 0 Å². The van der Waals surface area contributed by atoms with E-state index < -0.39 is 11.4 Å². The molecule has 1 aliphatic carbocycles. The molecule has 1 fully saturated rings. The fourth-order valence-corrected chi connectivity index (χ4v) is 4.01. The summed E-state index contributed by atoms with van der Waals surface area (Å²) in [5, 5.41) is 12.3. The lowest BCUT2D eigenvalue weighted by atomic mass is 9.75. The molecule has 1 amide bonds. The SMILES string of the molecule is CC(C)(CC(=O)c1ccc(-c2ccc(NC(=O)C3(C)CCCCC3)cc2)cc1)C(=O)O. The summed E-state index contributed by atoms with van der Waals surface area (Å²) in [7, 11) is 0. The fraction of sp³-hybridized carbons (Fsp3) is 0.423. The van der Waals surface area contributed by atoms with Crippen molar-refractivity contribution in [2.45, 2.75) is 59.3 Å². The molecule has 164 valence electrons. The van der Waals surface area contributed by atoms with E-state index in [1.807, 2.05) is 36.4 Å². The van der Waals surface area contributed by atoms with E-state index in [4.69, 9.17) is 0 Å². The molecular weight excluding hydrogens is 390 g/mol. The fourth-order valence-electron chi connectivity index (χ4n) is 4.01. The predicted octanol–water partition coefficient (Wildman–Crippen LogP) is 5.95. The van der Waals surface area contributed by atoms with Crippen LogP contribution < -0.4 is 5.32 Å². The highest BCUT2D eigenvalue weighted by molar-refractivity contribution is 5.99. The van der Waals surface area contributed by atoms with Gasteiger partial charge >= 0.3 is 5.97 Å². The highest BCUT2D eigenvalue weighted by Gasteiger charge is 2.34. The van der Waals surface area contributed by atoms with Gasteiger partial charge in [-0.3, -0.25) is 14.4 Å².